The number of carboxylic acids is 2. The second-order valence-corrected chi connectivity index (χ2v) is 48.2. The van der Waals surface area contributed by atoms with Crippen LogP contribution in [-0.4, -0.2) is 220 Å². The predicted octanol–water partition coefficient (Wildman–Crippen LogP) is 13.5. The zero-order chi connectivity index (χ0) is 96.8. The summed E-state index contributed by atoms with van der Waals surface area (Å²) in [7, 11) is 0. The summed E-state index contributed by atoms with van der Waals surface area (Å²) >= 11 is 0. The fourth-order valence-electron chi connectivity index (χ4n) is 33.7. The topological polar surface area (TPSA) is 441 Å². The number of hydrogen-bond acceptors (Lipinski definition) is 22. The van der Waals surface area contributed by atoms with Crippen LogP contribution in [0.15, 0.2) is 0 Å². The summed E-state index contributed by atoms with van der Waals surface area (Å²) in [4.78, 5) is 81.1. The van der Waals surface area contributed by atoms with Crippen molar-refractivity contribution in [3.05, 3.63) is 0 Å². The number of amides is 1. The lowest BCUT2D eigenvalue weighted by Crippen LogP contribution is -2.66. The van der Waals surface area contributed by atoms with E-state index >= 15 is 0 Å². The molecule has 0 spiro atoms. The van der Waals surface area contributed by atoms with E-state index in [9.17, 15) is 69.6 Å². The third-order valence-corrected chi connectivity index (χ3v) is 40.0. The molecule has 12 unspecified atom stereocenters. The third kappa shape index (κ3) is 22.0. The van der Waals surface area contributed by atoms with E-state index in [1.165, 1.54) is 20.8 Å². The Hall–Kier alpha value is -3.70. The number of carbonyl (C=O) groups excluding carboxylic acids is 4. The molecule has 36 atom stereocenters. The second kappa shape index (κ2) is 45.0. The minimum atomic E-state index is -0.803. The van der Waals surface area contributed by atoms with Gasteiger partial charge < -0.3 is 89.0 Å². The Labute approximate surface area is 784 Å². The molecule has 0 radical (unpaired) electrons. The number of aliphatic hydroxyl groups is 6. The summed E-state index contributed by atoms with van der Waals surface area (Å²) < 4.78 is 18.1. The van der Waals surface area contributed by atoms with Gasteiger partial charge in [-0.1, -0.05) is 163 Å². The zero-order valence-corrected chi connectivity index (χ0v) is 84.9. The van der Waals surface area contributed by atoms with E-state index in [1.54, 1.807) is 0 Å². The standard InChI is InChI=1S/C37H68N4O5.2C31H52O6.C6H18N4/c1-23(2)9-8-10-26(34(45)40-17-20-41(18-15-38)19-16-39)32-28-21-30(44)33-35(5)13-12-29(43)24(3)27(35)11-14-36(33,6)37(28,7)22-31(32)46-25(4)42;2*1-17(2)9-8-10-20(28(35)36)26-22-15-24(34)27-29(5)13-12-23(33)18(3)21(29)11-14-30(27,6)31(22,7)16-25(26)37-19(4)32;7-1-4-10(5-2-8)6-3-9/h23-24,26-33,43-44H,8-22,38-39H2,1-7H3,(H,40,45);2*17-18,20-27,33-34H,8-16H2,1-7H3,(H,35,36);1-9H2/t24-,26?,27?,28?,29+,30+,31-,32?,33-,35-,36-,37-;2*18-,20?,21?,22?,23+,24+,25-,26?,27-,29-,30-,31-;/m000./s1. The number of nitrogens with zero attached hydrogens (tertiary/aromatic N) is 2. The van der Waals surface area contributed by atoms with Gasteiger partial charge in [-0.2, -0.15) is 0 Å². The smallest absolute Gasteiger partial charge is 0.306 e. The van der Waals surface area contributed by atoms with Crippen LogP contribution in [0.4, 0.5) is 0 Å². The summed E-state index contributed by atoms with van der Waals surface area (Å²) in [5.41, 5.74) is 26.3. The van der Waals surface area contributed by atoms with Crippen LogP contribution in [0.3, 0.4) is 0 Å². The molecule has 12 rings (SSSR count). The molecule has 0 aliphatic heterocycles. The molecule has 25 heteroatoms. The van der Waals surface area contributed by atoms with Crippen molar-refractivity contribution in [2.75, 3.05) is 78.5 Å². The first-order valence-corrected chi connectivity index (χ1v) is 52.1. The summed E-state index contributed by atoms with van der Waals surface area (Å²) in [5.74, 6) is -1.20. The molecule has 1 amide bonds. The van der Waals surface area contributed by atoms with E-state index < -0.39 is 54.3 Å². The Kier molecular flexibility index (Phi) is 38.1. The molecule has 0 bridgehead atoms. The van der Waals surface area contributed by atoms with Crippen LogP contribution in [0.25, 0.3) is 0 Å². The van der Waals surface area contributed by atoms with Crippen LogP contribution in [0, 0.1) is 173 Å². The molecule has 0 saturated heterocycles. The fraction of sp³-hybridized carbons (Fsp3) is 0.943. The molecule has 752 valence electrons. The average molecular weight is 1840 g/mol. The number of aliphatic carboxylic acids is 2. The van der Waals surface area contributed by atoms with Gasteiger partial charge in [-0.25, -0.2) is 0 Å². The lowest BCUT2D eigenvalue weighted by molar-refractivity contribution is -0.240. The van der Waals surface area contributed by atoms with Gasteiger partial charge in [-0.05, 0) is 272 Å². The summed E-state index contributed by atoms with van der Waals surface area (Å²) in [6.45, 7) is 53.6. The van der Waals surface area contributed by atoms with Gasteiger partial charge in [-0.3, -0.25) is 38.6 Å². The van der Waals surface area contributed by atoms with Crippen molar-refractivity contribution < 1.29 is 83.8 Å². The van der Waals surface area contributed by atoms with E-state index in [4.69, 9.17) is 42.9 Å². The molecule has 0 aromatic carbocycles. The normalized spacial score (nSPS) is 42.7. The molecule has 12 fully saturated rings. The molecule has 0 aromatic heterocycles. The predicted molar refractivity (Wildman–Crippen MR) is 511 cm³/mol. The quantitative estimate of drug-likeness (QED) is 0.0210. The Morgan fingerprint density at radius 1 is 0.354 bits per heavy atom. The van der Waals surface area contributed by atoms with Crippen LogP contribution in [0.2, 0.25) is 0 Å². The highest BCUT2D eigenvalue weighted by molar-refractivity contribution is 5.79. The summed E-state index contributed by atoms with van der Waals surface area (Å²) in [6.07, 6.45) is 18.6. The molecular weight excluding hydrogens is 1650 g/mol. The van der Waals surface area contributed by atoms with Crippen molar-refractivity contribution in [3.8, 4) is 0 Å². The van der Waals surface area contributed by atoms with Crippen molar-refractivity contribution in [2.45, 2.75) is 374 Å². The molecule has 0 heterocycles. The van der Waals surface area contributed by atoms with Gasteiger partial charge in [0.05, 0.1) is 48.5 Å². The lowest BCUT2D eigenvalue weighted by Gasteiger charge is -2.69. The molecular formula is C105H190N8O17. The Morgan fingerprint density at radius 2 is 0.608 bits per heavy atom. The number of nitrogens with two attached hydrogens (primary N) is 5. The summed E-state index contributed by atoms with van der Waals surface area (Å²) in [5, 5.41) is 92.3. The monoisotopic (exact) mass is 1840 g/mol. The summed E-state index contributed by atoms with van der Waals surface area (Å²) in [6, 6.07) is 0. The third-order valence-electron chi connectivity index (χ3n) is 40.0. The van der Waals surface area contributed by atoms with E-state index in [2.05, 4.69) is 140 Å². The number of ether oxygens (including phenoxy) is 3. The number of esters is 3. The highest BCUT2D eigenvalue weighted by Gasteiger charge is 2.76. The molecule has 19 N–H and O–H groups in total. The molecule has 12 saturated carbocycles. The largest absolute Gasteiger partial charge is 0.481 e. The molecule has 12 aliphatic carbocycles. The Morgan fingerprint density at radius 3 is 0.854 bits per heavy atom. The number of rotatable bonds is 34. The number of nitrogens with one attached hydrogen (secondary N) is 1. The van der Waals surface area contributed by atoms with Crippen molar-refractivity contribution in [1.82, 2.24) is 15.1 Å². The van der Waals surface area contributed by atoms with E-state index in [0.717, 1.165) is 161 Å². The van der Waals surface area contributed by atoms with Crippen molar-refractivity contribution in [2.24, 2.45) is 202 Å². The molecule has 25 nitrogen and oxygen atoms in total. The second-order valence-electron chi connectivity index (χ2n) is 48.2. The van der Waals surface area contributed by atoms with Gasteiger partial charge in [0.25, 0.3) is 0 Å². The number of carbonyl (C=O) groups is 6. The molecule has 0 aromatic rings. The minimum Gasteiger partial charge on any atom is -0.481 e. The van der Waals surface area contributed by atoms with Gasteiger partial charge in [0.1, 0.15) is 18.3 Å². The van der Waals surface area contributed by atoms with Gasteiger partial charge >= 0.3 is 29.8 Å². The Bertz CT molecular complexity index is 3510. The molecule has 130 heavy (non-hydrogen) atoms. The van der Waals surface area contributed by atoms with Gasteiger partial charge in [0, 0.05) is 123 Å². The van der Waals surface area contributed by atoms with Crippen molar-refractivity contribution in [3.63, 3.8) is 0 Å². The number of carboxylic acid groups (broad SMARTS) is 2. The number of aliphatic hydroxyl groups excluding tert-OH is 6. The first-order valence-electron chi connectivity index (χ1n) is 52.1. The maximum absolute atomic E-state index is 14.3. The van der Waals surface area contributed by atoms with Crippen LogP contribution in [0.5, 0.6) is 0 Å². The van der Waals surface area contributed by atoms with Gasteiger partial charge in [0.2, 0.25) is 5.91 Å². The first kappa shape index (κ1) is 110. The maximum Gasteiger partial charge on any atom is 0.306 e. The Balaban J connectivity index is 0.000000210. The highest BCUT2D eigenvalue weighted by Crippen LogP contribution is 2.79. The lowest BCUT2D eigenvalue weighted by atomic mass is 9.36. The first-order chi connectivity index (χ1) is 60.8. The maximum atomic E-state index is 14.3. The van der Waals surface area contributed by atoms with Crippen LogP contribution in [0.1, 0.15) is 319 Å². The van der Waals surface area contributed by atoms with E-state index in [0.29, 0.717) is 126 Å². The van der Waals surface area contributed by atoms with Crippen LogP contribution in [-0.2, 0) is 43.0 Å². The highest BCUT2D eigenvalue weighted by atomic mass is 16.6. The number of fused-ring (bicyclic) bond motifs is 15. The van der Waals surface area contributed by atoms with Crippen molar-refractivity contribution >= 4 is 35.8 Å². The average Bonchev–Trinajstić information content (AvgIpc) is 1.41. The fourth-order valence-corrected chi connectivity index (χ4v) is 33.7. The van der Waals surface area contributed by atoms with Crippen LogP contribution < -0.4 is 34.0 Å². The number of hydrogen-bond donors (Lipinski definition) is 14. The van der Waals surface area contributed by atoms with E-state index in [-0.39, 0.29) is 174 Å². The minimum absolute atomic E-state index is 0.0139. The van der Waals surface area contributed by atoms with Gasteiger partial charge in [0.15, 0.2) is 0 Å². The SMILES string of the molecule is CC(=O)O[C@H]1C[C@@]2(C)C(C[C@@H](O)[C@H]3[C@@]4(C)CC[C@@H](O)[C@@H](C)C4CC[C@@]32C)C1C(CCCC(C)C)C(=O)NCCN(CCN)CCN.CC(=O)O[C@H]1C[C@@]2(C)C(C[C@@H](O)[C@H]3[C@@]4(C)CC[C@@H](O)[C@@H](C)C4CC[C@@]32C)C1C(CCCC(C)C)C(=O)O.CC(=O)O[C@H]1C[C@@]2(C)C(C[C@@H](O)[C@H]3[C@@]4(C)CC[C@@H](O)[C@@H](C)C4CC[C@@]32C)C1C(CCCC(C)C)C(=O)O.NCCN(CCN)CCN. The van der Waals surface area contributed by atoms with E-state index in [1.807, 2.05) is 0 Å². The van der Waals surface area contributed by atoms with Crippen molar-refractivity contribution in [1.29, 1.82) is 0 Å². The van der Waals surface area contributed by atoms with Gasteiger partial charge in [-0.15, -0.1) is 0 Å². The zero-order valence-electron chi connectivity index (χ0n) is 84.9. The molecule has 12 aliphatic rings. The van der Waals surface area contributed by atoms with Crippen LogP contribution >= 0.6 is 0 Å².